The van der Waals surface area contributed by atoms with Crippen LogP contribution in [-0.4, -0.2) is 64.4 Å². The summed E-state index contributed by atoms with van der Waals surface area (Å²) in [6, 6.07) is 0. The number of carbonyl (C=O) groups is 3. The largest absolute Gasteiger partial charge is 0.445 e. The summed E-state index contributed by atoms with van der Waals surface area (Å²) in [7, 11) is 0. The molecule has 1 saturated heterocycles. The molecule has 1 aromatic heterocycles. The first-order valence-electron chi connectivity index (χ1n) is 15.1. The molecule has 2 unspecified atom stereocenters. The molecule has 1 aliphatic heterocycles. The molecule has 5 rings (SSSR count). The van der Waals surface area contributed by atoms with E-state index in [-0.39, 0.29) is 23.3 Å². The van der Waals surface area contributed by atoms with Crippen molar-refractivity contribution in [2.45, 2.75) is 96.9 Å². The number of fused-ring (bicyclic) bond motifs is 1. The van der Waals surface area contributed by atoms with Gasteiger partial charge >= 0.3 is 6.09 Å². The predicted molar refractivity (Wildman–Crippen MR) is 155 cm³/mol. The van der Waals surface area contributed by atoms with E-state index in [1.807, 2.05) is 20.8 Å². The third-order valence-electron chi connectivity index (χ3n) is 11.5. The standard InChI is InChI=1S/C31H45N3O6S/c1-6-29(4)15-23(40-28(39)34-26(38)21-16-41-27(33-21)19-8-11-32-12-9-19)30(5)13-20-24(36)22(35)14-31(20,10-7-17(30)2)18(3)25(29)37/h6,16-20,22-23,25,32,35,37H,1,7-15H2,2-5H3,(H,34,38,39)/t17?,18-,20?,22-,23+,25-,29+,30-,31-/m0/s1. The van der Waals surface area contributed by atoms with E-state index in [9.17, 15) is 24.6 Å². The number of imide groups is 1. The second-order valence-corrected chi connectivity index (χ2v) is 14.5. The summed E-state index contributed by atoms with van der Waals surface area (Å²) in [6.07, 6.45) is 2.67. The lowest BCUT2D eigenvalue weighted by atomic mass is 9.60. The fourth-order valence-electron chi connectivity index (χ4n) is 8.32. The number of carbonyl (C=O) groups excluding carboxylic acids is 3. The zero-order valence-electron chi connectivity index (χ0n) is 24.7. The molecule has 0 aromatic carbocycles. The van der Waals surface area contributed by atoms with Gasteiger partial charge in [0.25, 0.3) is 5.91 Å². The smallest absolute Gasteiger partial charge is 0.414 e. The third-order valence-corrected chi connectivity index (χ3v) is 12.6. The second kappa shape index (κ2) is 11.2. The molecule has 226 valence electrons. The zero-order valence-corrected chi connectivity index (χ0v) is 25.5. The van der Waals surface area contributed by atoms with E-state index in [0.29, 0.717) is 31.6 Å². The third kappa shape index (κ3) is 5.19. The monoisotopic (exact) mass is 587 g/mol. The van der Waals surface area contributed by atoms with E-state index in [2.05, 4.69) is 29.1 Å². The number of aromatic nitrogens is 1. The van der Waals surface area contributed by atoms with Gasteiger partial charge in [-0.25, -0.2) is 9.78 Å². The average Bonchev–Trinajstić information content (AvgIpc) is 3.52. The Balaban J connectivity index is 1.42. The number of Topliss-reactive ketones (excluding diaryl/α,β-unsaturated/α-hetero) is 1. The van der Waals surface area contributed by atoms with E-state index in [1.165, 1.54) is 11.3 Å². The van der Waals surface area contributed by atoms with Crippen LogP contribution in [0.3, 0.4) is 0 Å². The minimum absolute atomic E-state index is 0.0889. The predicted octanol–water partition coefficient (Wildman–Crippen LogP) is 4.20. The number of piperidine rings is 1. The molecule has 2 bridgehead atoms. The number of nitrogens with one attached hydrogen (secondary N) is 2. The van der Waals surface area contributed by atoms with Gasteiger partial charge in [-0.2, -0.15) is 0 Å². The number of aliphatic hydroxyl groups is 2. The molecule has 9 atom stereocenters. The number of hydrogen-bond donors (Lipinski definition) is 4. The number of nitrogens with zero attached hydrogens (tertiary/aromatic N) is 1. The Bertz CT molecular complexity index is 1200. The number of aliphatic hydroxyl groups excluding tert-OH is 2. The first kappa shape index (κ1) is 30.3. The number of amides is 2. The van der Waals surface area contributed by atoms with Crippen molar-refractivity contribution in [1.82, 2.24) is 15.6 Å². The lowest BCUT2D eigenvalue weighted by molar-refractivity contribution is -0.130. The van der Waals surface area contributed by atoms with Gasteiger partial charge in [0, 0.05) is 28.0 Å². The van der Waals surface area contributed by atoms with Crippen LogP contribution in [0.1, 0.15) is 94.1 Å². The fourth-order valence-corrected chi connectivity index (χ4v) is 9.29. The summed E-state index contributed by atoms with van der Waals surface area (Å²) in [6.45, 7) is 13.9. The lowest BCUT2D eigenvalue weighted by Crippen LogP contribution is -2.49. The molecule has 4 fully saturated rings. The van der Waals surface area contributed by atoms with Crippen LogP contribution in [0.2, 0.25) is 0 Å². The molecule has 4 aliphatic rings. The Morgan fingerprint density at radius 3 is 2.56 bits per heavy atom. The Kier molecular flexibility index (Phi) is 8.26. The van der Waals surface area contributed by atoms with Crippen LogP contribution in [0.15, 0.2) is 18.0 Å². The van der Waals surface area contributed by atoms with Crippen LogP contribution < -0.4 is 10.6 Å². The molecule has 3 aliphatic carbocycles. The molecule has 0 spiro atoms. The van der Waals surface area contributed by atoms with Crippen molar-refractivity contribution in [3.8, 4) is 0 Å². The lowest BCUT2D eigenvalue weighted by Gasteiger charge is -2.47. The molecular formula is C31H45N3O6S. The van der Waals surface area contributed by atoms with Gasteiger partial charge in [-0.3, -0.25) is 14.9 Å². The normalized spacial score (nSPS) is 41.5. The van der Waals surface area contributed by atoms with E-state index in [1.54, 1.807) is 11.5 Å². The van der Waals surface area contributed by atoms with Gasteiger partial charge < -0.3 is 20.3 Å². The van der Waals surface area contributed by atoms with Crippen LogP contribution in [-0.2, 0) is 9.53 Å². The van der Waals surface area contributed by atoms with E-state index in [0.717, 1.165) is 37.4 Å². The van der Waals surface area contributed by atoms with Crippen LogP contribution in [0.25, 0.3) is 0 Å². The topological polar surface area (TPSA) is 138 Å². The number of alkyl carbamates (subject to hydrolysis) is 1. The van der Waals surface area contributed by atoms with Crippen molar-refractivity contribution in [1.29, 1.82) is 0 Å². The minimum atomic E-state index is -1.06. The summed E-state index contributed by atoms with van der Waals surface area (Å²) in [4.78, 5) is 44.3. The summed E-state index contributed by atoms with van der Waals surface area (Å²) in [5, 5.41) is 30.8. The molecule has 41 heavy (non-hydrogen) atoms. The SMILES string of the molecule is C=C[C@]1(C)C[C@@H](OC(=O)NC(=O)c2csc(C3CCNCC3)n2)[C@@]2(C)CC3C(=O)[C@@H](O)C[C@@]3(CCC2C)[C@@H](C)[C@@H]1O. The molecule has 9 nitrogen and oxygen atoms in total. The number of ether oxygens (including phenoxy) is 1. The molecule has 4 N–H and O–H groups in total. The van der Waals surface area contributed by atoms with Gasteiger partial charge in [0.05, 0.1) is 11.1 Å². The van der Waals surface area contributed by atoms with Crippen molar-refractivity contribution in [3.05, 3.63) is 28.7 Å². The molecule has 3 saturated carbocycles. The number of rotatable bonds is 4. The Morgan fingerprint density at radius 2 is 1.88 bits per heavy atom. The molecule has 1 aromatic rings. The van der Waals surface area contributed by atoms with Crippen molar-refractivity contribution in [3.63, 3.8) is 0 Å². The first-order valence-corrected chi connectivity index (χ1v) is 15.9. The number of thiazole rings is 1. The molecule has 10 heteroatoms. The van der Waals surface area contributed by atoms with Gasteiger partial charge in [-0.15, -0.1) is 17.9 Å². The van der Waals surface area contributed by atoms with E-state index >= 15 is 0 Å². The summed E-state index contributed by atoms with van der Waals surface area (Å²) >= 11 is 1.43. The maximum atomic E-state index is 13.4. The molecule has 2 amide bonds. The minimum Gasteiger partial charge on any atom is -0.445 e. The van der Waals surface area contributed by atoms with E-state index in [4.69, 9.17) is 4.74 Å². The van der Waals surface area contributed by atoms with Crippen LogP contribution in [0.4, 0.5) is 4.79 Å². The van der Waals surface area contributed by atoms with Gasteiger partial charge in [0.1, 0.15) is 17.9 Å². The van der Waals surface area contributed by atoms with Crippen molar-refractivity contribution >= 4 is 29.1 Å². The number of ketones is 1. The van der Waals surface area contributed by atoms with Gasteiger partial charge in [-0.05, 0) is 75.3 Å². The second-order valence-electron chi connectivity index (χ2n) is 13.6. The average molecular weight is 588 g/mol. The highest BCUT2D eigenvalue weighted by Gasteiger charge is 2.64. The van der Waals surface area contributed by atoms with Crippen LogP contribution >= 0.6 is 11.3 Å². The number of hydrogen-bond acceptors (Lipinski definition) is 9. The maximum absolute atomic E-state index is 13.4. The fraction of sp³-hybridized carbons (Fsp3) is 0.742. The molecular weight excluding hydrogens is 542 g/mol. The quantitative estimate of drug-likeness (QED) is 0.385. The maximum Gasteiger partial charge on any atom is 0.414 e. The van der Waals surface area contributed by atoms with Gasteiger partial charge in [-0.1, -0.05) is 33.8 Å². The van der Waals surface area contributed by atoms with Crippen molar-refractivity contribution in [2.24, 2.45) is 34.0 Å². The Labute approximate surface area is 246 Å². The highest BCUT2D eigenvalue weighted by atomic mass is 32.1. The Hall–Kier alpha value is -2.14. The highest BCUT2D eigenvalue weighted by Crippen LogP contribution is 2.63. The van der Waals surface area contributed by atoms with Crippen molar-refractivity contribution in [2.75, 3.05) is 13.1 Å². The molecule has 2 heterocycles. The summed E-state index contributed by atoms with van der Waals surface area (Å²) < 4.78 is 6.11. The summed E-state index contributed by atoms with van der Waals surface area (Å²) in [5.74, 6) is -1.13. The zero-order chi connectivity index (χ0) is 29.7. The summed E-state index contributed by atoms with van der Waals surface area (Å²) in [5.41, 5.74) is -1.82. The van der Waals surface area contributed by atoms with Gasteiger partial charge in [0.2, 0.25) is 0 Å². The van der Waals surface area contributed by atoms with Crippen molar-refractivity contribution < 1.29 is 29.3 Å². The Morgan fingerprint density at radius 1 is 1.17 bits per heavy atom. The van der Waals surface area contributed by atoms with Gasteiger partial charge in [0.15, 0.2) is 5.78 Å². The van der Waals surface area contributed by atoms with Crippen LogP contribution in [0, 0.1) is 34.0 Å². The highest BCUT2D eigenvalue weighted by molar-refractivity contribution is 7.09. The van der Waals surface area contributed by atoms with E-state index < -0.39 is 52.5 Å². The first-order chi connectivity index (χ1) is 19.3. The molecule has 0 radical (unpaired) electrons. The van der Waals surface area contributed by atoms with Crippen LogP contribution in [0.5, 0.6) is 0 Å².